The van der Waals surface area contributed by atoms with E-state index < -0.39 is 5.25 Å². The van der Waals surface area contributed by atoms with Gasteiger partial charge in [-0.15, -0.1) is 10.2 Å². The third-order valence-corrected chi connectivity index (χ3v) is 5.04. The van der Waals surface area contributed by atoms with Gasteiger partial charge in [-0.1, -0.05) is 54.2 Å². The zero-order valence-electron chi connectivity index (χ0n) is 14.4. The van der Waals surface area contributed by atoms with Crippen LogP contribution in [0.4, 0.5) is 4.39 Å². The van der Waals surface area contributed by atoms with Crippen LogP contribution in [-0.2, 0) is 16.6 Å². The zero-order valence-corrected chi connectivity index (χ0v) is 15.2. The predicted molar refractivity (Wildman–Crippen MR) is 98.1 cm³/mol. The van der Waals surface area contributed by atoms with Crippen LogP contribution in [0.1, 0.15) is 17.7 Å². The van der Waals surface area contributed by atoms with Gasteiger partial charge in [0.25, 0.3) is 0 Å². The Bertz CT molecular complexity index is 899. The topological polar surface area (TPSA) is 57.0 Å². The largest absolute Gasteiger partial charge is 0.465 e. The van der Waals surface area contributed by atoms with Crippen molar-refractivity contribution in [1.29, 1.82) is 0 Å². The number of carbonyl (C=O) groups excluding carboxylic acids is 1. The van der Waals surface area contributed by atoms with Crippen molar-refractivity contribution in [2.75, 3.05) is 6.61 Å². The Morgan fingerprint density at radius 2 is 1.85 bits per heavy atom. The third-order valence-electron chi connectivity index (χ3n) is 3.78. The molecular formula is C19H18FN3O2S. The number of halogens is 1. The summed E-state index contributed by atoms with van der Waals surface area (Å²) in [6, 6.07) is 15.7. The average Bonchev–Trinajstić information content (AvgIpc) is 3.01. The molecule has 0 saturated heterocycles. The number of nitrogens with zero attached hydrogens (tertiary/aromatic N) is 3. The molecule has 26 heavy (non-hydrogen) atoms. The standard InChI is InChI=1S/C19H18FN3O2S/c1-3-25-18(24)16(13-9-5-4-6-10-13)26-19-22-21-17(23(19)2)14-11-7-8-12-15(14)20/h4-12,16H,3H2,1-2H3/t16-/m0/s1. The Morgan fingerprint density at radius 1 is 1.15 bits per heavy atom. The second-order valence-corrected chi connectivity index (χ2v) is 6.58. The summed E-state index contributed by atoms with van der Waals surface area (Å²) in [4.78, 5) is 12.4. The number of esters is 1. The first-order valence-electron chi connectivity index (χ1n) is 8.14. The van der Waals surface area contributed by atoms with Crippen LogP contribution in [0.5, 0.6) is 0 Å². The lowest BCUT2D eigenvalue weighted by Gasteiger charge is -2.15. The van der Waals surface area contributed by atoms with Gasteiger partial charge in [0, 0.05) is 7.05 Å². The highest BCUT2D eigenvalue weighted by atomic mass is 32.2. The van der Waals surface area contributed by atoms with Gasteiger partial charge in [0.1, 0.15) is 11.1 Å². The van der Waals surface area contributed by atoms with Gasteiger partial charge in [0.15, 0.2) is 11.0 Å². The molecule has 2 aromatic carbocycles. The minimum Gasteiger partial charge on any atom is -0.465 e. The molecule has 0 fully saturated rings. The van der Waals surface area contributed by atoms with Crippen molar-refractivity contribution in [3.8, 4) is 11.4 Å². The number of hydrogen-bond acceptors (Lipinski definition) is 5. The molecule has 0 amide bonds. The fourth-order valence-corrected chi connectivity index (χ4v) is 3.50. The van der Waals surface area contributed by atoms with E-state index in [2.05, 4.69) is 10.2 Å². The molecular weight excluding hydrogens is 353 g/mol. The van der Waals surface area contributed by atoms with Crippen molar-refractivity contribution in [3.05, 3.63) is 66.0 Å². The molecule has 0 unspecified atom stereocenters. The molecule has 0 aliphatic carbocycles. The van der Waals surface area contributed by atoms with Gasteiger partial charge in [0.05, 0.1) is 12.2 Å². The van der Waals surface area contributed by atoms with Gasteiger partial charge in [-0.2, -0.15) is 0 Å². The van der Waals surface area contributed by atoms with Crippen molar-refractivity contribution in [2.45, 2.75) is 17.3 Å². The van der Waals surface area contributed by atoms with Gasteiger partial charge in [-0.05, 0) is 24.6 Å². The minimum absolute atomic E-state index is 0.294. The zero-order chi connectivity index (χ0) is 18.5. The molecule has 0 radical (unpaired) electrons. The number of thioether (sulfide) groups is 1. The highest BCUT2D eigenvalue weighted by Crippen LogP contribution is 2.36. The minimum atomic E-state index is -0.576. The number of aromatic nitrogens is 3. The van der Waals surface area contributed by atoms with E-state index in [1.807, 2.05) is 30.3 Å². The molecule has 0 spiro atoms. The first kappa shape index (κ1) is 18.1. The van der Waals surface area contributed by atoms with Crippen molar-refractivity contribution in [1.82, 2.24) is 14.8 Å². The normalized spacial score (nSPS) is 12.0. The van der Waals surface area contributed by atoms with Crippen LogP contribution in [0.3, 0.4) is 0 Å². The third kappa shape index (κ3) is 3.77. The lowest BCUT2D eigenvalue weighted by molar-refractivity contribution is -0.142. The van der Waals surface area contributed by atoms with E-state index in [-0.39, 0.29) is 11.8 Å². The summed E-state index contributed by atoms with van der Waals surface area (Å²) < 4.78 is 20.9. The Hall–Kier alpha value is -2.67. The molecule has 5 nitrogen and oxygen atoms in total. The molecule has 1 aromatic heterocycles. The molecule has 1 heterocycles. The number of carbonyl (C=O) groups is 1. The highest BCUT2D eigenvalue weighted by molar-refractivity contribution is 8.00. The van der Waals surface area contributed by atoms with E-state index in [1.54, 1.807) is 36.7 Å². The van der Waals surface area contributed by atoms with Crippen molar-refractivity contribution in [2.24, 2.45) is 7.05 Å². The monoisotopic (exact) mass is 371 g/mol. The van der Waals surface area contributed by atoms with E-state index in [1.165, 1.54) is 17.8 Å². The van der Waals surface area contributed by atoms with Crippen molar-refractivity contribution >= 4 is 17.7 Å². The quantitative estimate of drug-likeness (QED) is 0.484. The lowest BCUT2D eigenvalue weighted by atomic mass is 10.1. The molecule has 0 aliphatic heterocycles. The summed E-state index contributed by atoms with van der Waals surface area (Å²) in [7, 11) is 1.75. The average molecular weight is 371 g/mol. The molecule has 0 bridgehead atoms. The molecule has 1 atom stereocenters. The summed E-state index contributed by atoms with van der Waals surface area (Å²) in [5, 5.41) is 8.17. The van der Waals surface area contributed by atoms with Crippen LogP contribution in [0, 0.1) is 5.82 Å². The van der Waals surface area contributed by atoms with E-state index >= 15 is 0 Å². The lowest BCUT2D eigenvalue weighted by Crippen LogP contribution is -2.14. The fourth-order valence-electron chi connectivity index (χ4n) is 2.50. The van der Waals surface area contributed by atoms with Crippen LogP contribution in [0.15, 0.2) is 59.8 Å². The molecule has 7 heteroatoms. The number of benzene rings is 2. The van der Waals surface area contributed by atoms with Crippen LogP contribution in [0.2, 0.25) is 0 Å². The maximum absolute atomic E-state index is 14.1. The Labute approximate surface area is 155 Å². The van der Waals surface area contributed by atoms with E-state index in [0.717, 1.165) is 5.56 Å². The van der Waals surface area contributed by atoms with E-state index in [4.69, 9.17) is 4.74 Å². The first-order chi connectivity index (χ1) is 12.6. The summed E-state index contributed by atoms with van der Waals surface area (Å²) in [6.45, 7) is 2.06. The maximum atomic E-state index is 14.1. The molecule has 0 saturated carbocycles. The van der Waals surface area contributed by atoms with Crippen molar-refractivity contribution in [3.63, 3.8) is 0 Å². The van der Waals surface area contributed by atoms with Gasteiger partial charge in [-0.3, -0.25) is 4.79 Å². The predicted octanol–water partition coefficient (Wildman–Crippen LogP) is 4.02. The summed E-state index contributed by atoms with van der Waals surface area (Å²) in [6.07, 6.45) is 0. The second kappa shape index (κ2) is 8.14. The van der Waals surface area contributed by atoms with Crippen LogP contribution >= 0.6 is 11.8 Å². The van der Waals surface area contributed by atoms with Gasteiger partial charge in [0.2, 0.25) is 0 Å². The van der Waals surface area contributed by atoms with Crippen LogP contribution in [0.25, 0.3) is 11.4 Å². The fraction of sp³-hybridized carbons (Fsp3) is 0.211. The Kier molecular flexibility index (Phi) is 5.68. The maximum Gasteiger partial charge on any atom is 0.324 e. The molecule has 0 N–H and O–H groups in total. The summed E-state index contributed by atoms with van der Waals surface area (Å²) in [5.41, 5.74) is 1.17. The molecule has 0 aliphatic rings. The van der Waals surface area contributed by atoms with Gasteiger partial charge in [-0.25, -0.2) is 4.39 Å². The summed E-state index contributed by atoms with van der Waals surface area (Å²) >= 11 is 1.23. The SMILES string of the molecule is CCOC(=O)[C@@H](Sc1nnc(-c2ccccc2F)n1C)c1ccccc1. The molecule has 134 valence electrons. The van der Waals surface area contributed by atoms with Gasteiger partial charge < -0.3 is 9.30 Å². The number of rotatable bonds is 6. The van der Waals surface area contributed by atoms with E-state index in [9.17, 15) is 9.18 Å². The second-order valence-electron chi connectivity index (χ2n) is 5.51. The molecule has 3 rings (SSSR count). The first-order valence-corrected chi connectivity index (χ1v) is 9.02. The van der Waals surface area contributed by atoms with Crippen LogP contribution in [-0.4, -0.2) is 27.3 Å². The summed E-state index contributed by atoms with van der Waals surface area (Å²) in [5.74, 6) is -0.315. The van der Waals surface area contributed by atoms with E-state index in [0.29, 0.717) is 23.2 Å². The number of ether oxygens (including phenoxy) is 1. The number of hydrogen-bond donors (Lipinski definition) is 0. The van der Waals surface area contributed by atoms with Crippen molar-refractivity contribution < 1.29 is 13.9 Å². The Balaban J connectivity index is 1.93. The molecule has 3 aromatic rings. The highest BCUT2D eigenvalue weighted by Gasteiger charge is 2.26. The smallest absolute Gasteiger partial charge is 0.324 e. The Morgan fingerprint density at radius 3 is 2.54 bits per heavy atom. The van der Waals surface area contributed by atoms with Gasteiger partial charge >= 0.3 is 5.97 Å². The van der Waals surface area contributed by atoms with Crippen LogP contribution < -0.4 is 0 Å².